The molecule has 0 aromatic heterocycles. The molecule has 3 amide bonds. The van der Waals surface area contributed by atoms with Crippen LogP contribution in [0, 0.1) is 0 Å². The van der Waals surface area contributed by atoms with Gasteiger partial charge in [0, 0.05) is 22.9 Å². The number of hydroxylamine groups is 1. The molecule has 0 saturated heterocycles. The van der Waals surface area contributed by atoms with Crippen LogP contribution in [-0.4, -0.2) is 30.4 Å². The zero-order valence-electron chi connectivity index (χ0n) is 15.6. The van der Waals surface area contributed by atoms with Crippen LogP contribution in [0.3, 0.4) is 0 Å². The molecule has 0 heterocycles. The topological polar surface area (TPSA) is 96.5 Å². The Labute approximate surface area is 169 Å². The second-order valence-corrected chi connectivity index (χ2v) is 6.68. The standard InChI is InChI=1S/C20H18F3N3O4/c21-20(22,23)14-5-1-3-12(9-14)19(29)26-30-11-17(27)24-16-6-2-4-13(10-16)18(28)25-15-7-8-15/h1-6,9-10,15H,7-8,11H2,(H,24,27)(H,25,28)(H,26,29). The van der Waals surface area contributed by atoms with Gasteiger partial charge in [0.2, 0.25) is 0 Å². The Morgan fingerprint density at radius 2 is 1.63 bits per heavy atom. The average molecular weight is 421 g/mol. The summed E-state index contributed by atoms with van der Waals surface area (Å²) in [5.41, 5.74) is 1.43. The summed E-state index contributed by atoms with van der Waals surface area (Å²) < 4.78 is 38.1. The van der Waals surface area contributed by atoms with E-state index in [-0.39, 0.29) is 17.5 Å². The largest absolute Gasteiger partial charge is 0.416 e. The van der Waals surface area contributed by atoms with Crippen molar-refractivity contribution < 1.29 is 32.4 Å². The molecular formula is C20H18F3N3O4. The van der Waals surface area contributed by atoms with Crippen LogP contribution < -0.4 is 16.1 Å². The van der Waals surface area contributed by atoms with Gasteiger partial charge in [-0.3, -0.25) is 19.2 Å². The molecule has 2 aromatic rings. The van der Waals surface area contributed by atoms with Crippen molar-refractivity contribution in [2.75, 3.05) is 11.9 Å². The summed E-state index contributed by atoms with van der Waals surface area (Å²) in [6.07, 6.45) is -2.68. The lowest BCUT2D eigenvalue weighted by Crippen LogP contribution is -2.29. The maximum atomic E-state index is 12.7. The molecule has 0 spiro atoms. The minimum Gasteiger partial charge on any atom is -0.349 e. The molecule has 0 unspecified atom stereocenters. The van der Waals surface area contributed by atoms with Gasteiger partial charge in [-0.1, -0.05) is 12.1 Å². The van der Waals surface area contributed by atoms with Crippen LogP contribution in [0.1, 0.15) is 39.1 Å². The van der Waals surface area contributed by atoms with Gasteiger partial charge in [-0.25, -0.2) is 5.48 Å². The fourth-order valence-corrected chi connectivity index (χ4v) is 2.49. The van der Waals surface area contributed by atoms with Crippen molar-refractivity contribution in [3.8, 4) is 0 Å². The zero-order chi connectivity index (χ0) is 21.7. The lowest BCUT2D eigenvalue weighted by Gasteiger charge is -2.10. The third-order valence-electron chi connectivity index (χ3n) is 4.14. The molecule has 158 valence electrons. The van der Waals surface area contributed by atoms with Gasteiger partial charge < -0.3 is 10.6 Å². The van der Waals surface area contributed by atoms with Crippen molar-refractivity contribution >= 4 is 23.4 Å². The number of anilines is 1. The maximum Gasteiger partial charge on any atom is 0.416 e. The minimum atomic E-state index is -4.58. The fraction of sp³-hybridized carbons (Fsp3) is 0.250. The average Bonchev–Trinajstić information content (AvgIpc) is 3.51. The molecule has 1 aliphatic rings. The normalized spacial score (nSPS) is 13.4. The Morgan fingerprint density at radius 3 is 2.30 bits per heavy atom. The van der Waals surface area contributed by atoms with E-state index in [0.717, 1.165) is 25.0 Å². The van der Waals surface area contributed by atoms with E-state index in [0.29, 0.717) is 17.3 Å². The molecule has 0 radical (unpaired) electrons. The predicted molar refractivity (Wildman–Crippen MR) is 100 cm³/mol. The Balaban J connectivity index is 1.48. The van der Waals surface area contributed by atoms with Gasteiger partial charge in [0.25, 0.3) is 17.7 Å². The number of hydrogen-bond acceptors (Lipinski definition) is 4. The van der Waals surface area contributed by atoms with Gasteiger partial charge in [-0.05, 0) is 49.2 Å². The highest BCUT2D eigenvalue weighted by Gasteiger charge is 2.31. The minimum absolute atomic E-state index is 0.199. The summed E-state index contributed by atoms with van der Waals surface area (Å²) in [5.74, 6) is -1.79. The van der Waals surface area contributed by atoms with Gasteiger partial charge in [0.05, 0.1) is 5.56 Å². The molecule has 1 saturated carbocycles. The summed E-state index contributed by atoms with van der Waals surface area (Å²) in [6.45, 7) is -0.580. The number of benzene rings is 2. The van der Waals surface area contributed by atoms with E-state index in [2.05, 4.69) is 10.6 Å². The number of amides is 3. The molecule has 0 bridgehead atoms. The number of hydrogen-bond donors (Lipinski definition) is 3. The van der Waals surface area contributed by atoms with E-state index in [1.807, 2.05) is 5.48 Å². The molecular weight excluding hydrogens is 403 g/mol. The van der Waals surface area contributed by atoms with Crippen LogP contribution in [-0.2, 0) is 15.8 Å². The highest BCUT2D eigenvalue weighted by Crippen LogP contribution is 2.29. The number of alkyl halides is 3. The molecule has 30 heavy (non-hydrogen) atoms. The summed E-state index contributed by atoms with van der Waals surface area (Å²) in [4.78, 5) is 40.7. The highest BCUT2D eigenvalue weighted by molar-refractivity contribution is 5.98. The number of halogens is 3. The van der Waals surface area contributed by atoms with Gasteiger partial charge in [0.1, 0.15) is 0 Å². The maximum absolute atomic E-state index is 12.7. The van der Waals surface area contributed by atoms with Crippen molar-refractivity contribution in [1.29, 1.82) is 0 Å². The van der Waals surface area contributed by atoms with Crippen LogP contribution in [0.5, 0.6) is 0 Å². The lowest BCUT2D eigenvalue weighted by atomic mass is 10.1. The summed E-state index contributed by atoms with van der Waals surface area (Å²) in [6, 6.07) is 10.3. The Hall–Kier alpha value is -3.40. The number of rotatable bonds is 7. The summed E-state index contributed by atoms with van der Waals surface area (Å²) in [7, 11) is 0. The monoisotopic (exact) mass is 421 g/mol. The van der Waals surface area contributed by atoms with Crippen LogP contribution in [0.15, 0.2) is 48.5 Å². The Kier molecular flexibility index (Phi) is 6.36. The van der Waals surface area contributed by atoms with Crippen molar-refractivity contribution in [1.82, 2.24) is 10.8 Å². The van der Waals surface area contributed by atoms with Gasteiger partial charge in [-0.15, -0.1) is 0 Å². The van der Waals surface area contributed by atoms with Crippen molar-refractivity contribution in [3.05, 3.63) is 65.2 Å². The first-order valence-corrected chi connectivity index (χ1v) is 9.02. The SMILES string of the molecule is O=C(CONC(=O)c1cccc(C(F)(F)F)c1)Nc1cccc(C(=O)NC2CC2)c1. The number of carbonyl (C=O) groups excluding carboxylic acids is 3. The fourth-order valence-electron chi connectivity index (χ4n) is 2.49. The summed E-state index contributed by atoms with van der Waals surface area (Å²) in [5, 5.41) is 5.34. The molecule has 3 N–H and O–H groups in total. The van der Waals surface area contributed by atoms with Gasteiger partial charge >= 0.3 is 6.18 Å². The Bertz CT molecular complexity index is 958. The first-order valence-electron chi connectivity index (χ1n) is 9.02. The predicted octanol–water partition coefficient (Wildman–Crippen LogP) is 2.90. The molecule has 0 atom stereocenters. The van der Waals surface area contributed by atoms with Crippen molar-refractivity contribution in [3.63, 3.8) is 0 Å². The second kappa shape index (κ2) is 8.95. The molecule has 1 fully saturated rings. The van der Waals surface area contributed by atoms with Gasteiger partial charge in [0.15, 0.2) is 6.61 Å². The highest BCUT2D eigenvalue weighted by atomic mass is 19.4. The van der Waals surface area contributed by atoms with Crippen LogP contribution in [0.4, 0.5) is 18.9 Å². The third-order valence-corrected chi connectivity index (χ3v) is 4.14. The van der Waals surface area contributed by atoms with E-state index < -0.39 is 30.2 Å². The smallest absolute Gasteiger partial charge is 0.349 e. The molecule has 0 aliphatic heterocycles. The molecule has 3 rings (SSSR count). The van der Waals surface area contributed by atoms with E-state index in [1.165, 1.54) is 12.1 Å². The van der Waals surface area contributed by atoms with Crippen LogP contribution in [0.2, 0.25) is 0 Å². The molecule has 1 aliphatic carbocycles. The lowest BCUT2D eigenvalue weighted by molar-refractivity contribution is -0.137. The van der Waals surface area contributed by atoms with E-state index in [9.17, 15) is 27.6 Å². The number of carbonyl (C=O) groups is 3. The van der Waals surface area contributed by atoms with E-state index in [1.54, 1.807) is 18.2 Å². The zero-order valence-corrected chi connectivity index (χ0v) is 15.6. The first kappa shape index (κ1) is 21.3. The van der Waals surface area contributed by atoms with E-state index >= 15 is 0 Å². The third kappa shape index (κ3) is 6.05. The molecule has 2 aromatic carbocycles. The molecule has 7 nitrogen and oxygen atoms in total. The Morgan fingerprint density at radius 1 is 0.967 bits per heavy atom. The quantitative estimate of drug-likeness (QED) is 0.599. The van der Waals surface area contributed by atoms with Crippen molar-refractivity contribution in [2.45, 2.75) is 25.1 Å². The van der Waals surface area contributed by atoms with Gasteiger partial charge in [-0.2, -0.15) is 13.2 Å². The van der Waals surface area contributed by atoms with Crippen LogP contribution in [0.25, 0.3) is 0 Å². The second-order valence-electron chi connectivity index (χ2n) is 6.68. The van der Waals surface area contributed by atoms with E-state index in [4.69, 9.17) is 4.84 Å². The van der Waals surface area contributed by atoms with Crippen molar-refractivity contribution in [2.24, 2.45) is 0 Å². The summed E-state index contributed by atoms with van der Waals surface area (Å²) >= 11 is 0. The molecule has 10 heteroatoms. The first-order chi connectivity index (χ1) is 14.2. The van der Waals surface area contributed by atoms with Crippen LogP contribution >= 0.6 is 0 Å². The number of nitrogens with one attached hydrogen (secondary N) is 3.